The average Bonchev–Trinajstić information content (AvgIpc) is 2.91. The van der Waals surface area contributed by atoms with Crippen molar-refractivity contribution < 1.29 is 23.5 Å². The summed E-state index contributed by atoms with van der Waals surface area (Å²) in [5, 5.41) is 2.25. The molecule has 2 rings (SSSR count). The minimum atomic E-state index is -0.908. The number of nitrogens with one attached hydrogen (secondary N) is 1. The second-order valence-corrected chi connectivity index (χ2v) is 6.69. The topological polar surface area (TPSA) is 64.6 Å². The number of amides is 1. The number of esters is 1. The molecule has 1 saturated heterocycles. The van der Waals surface area contributed by atoms with Crippen LogP contribution in [-0.2, 0) is 19.1 Å². The molecule has 0 aromatic heterocycles. The van der Waals surface area contributed by atoms with Crippen molar-refractivity contribution in [2.24, 2.45) is 0 Å². The molecule has 23 heavy (non-hydrogen) atoms. The second kappa shape index (κ2) is 8.64. The zero-order valence-corrected chi connectivity index (χ0v) is 13.9. The molecule has 7 heteroatoms. The van der Waals surface area contributed by atoms with Crippen molar-refractivity contribution in [1.29, 1.82) is 0 Å². The molecule has 1 aliphatic carbocycles. The van der Waals surface area contributed by atoms with E-state index in [-0.39, 0.29) is 31.3 Å². The molecule has 0 bridgehead atoms. The standard InChI is InChI=1S/C16H23ClFNO4/c1-10-2-4-12(23-10)5-7-16(21)22-9-15(20)19-14-6-3-11(18)8-13(14)17/h5,7,10-14H,2-4,6,8-9H2,1H3,(H,19,20)/b7-5-. The summed E-state index contributed by atoms with van der Waals surface area (Å²) in [6.45, 7) is 1.61. The third kappa shape index (κ3) is 6.11. The smallest absolute Gasteiger partial charge is 0.331 e. The number of hydrogen-bond acceptors (Lipinski definition) is 4. The number of carbonyl (C=O) groups excluding carboxylic acids is 2. The van der Waals surface area contributed by atoms with Crippen LogP contribution in [0.15, 0.2) is 12.2 Å². The summed E-state index contributed by atoms with van der Waals surface area (Å²) in [7, 11) is 0. The van der Waals surface area contributed by atoms with Gasteiger partial charge in [-0.1, -0.05) is 0 Å². The van der Waals surface area contributed by atoms with E-state index in [2.05, 4.69) is 5.32 Å². The van der Waals surface area contributed by atoms with Crippen LogP contribution in [0.4, 0.5) is 4.39 Å². The van der Waals surface area contributed by atoms with Crippen LogP contribution < -0.4 is 5.32 Å². The molecule has 1 saturated carbocycles. The predicted octanol–water partition coefficient (Wildman–Crippen LogP) is 2.27. The Labute approximate surface area is 140 Å². The molecule has 1 N–H and O–H groups in total. The monoisotopic (exact) mass is 347 g/mol. The molecule has 1 aliphatic heterocycles. The molecule has 0 aromatic carbocycles. The normalized spacial score (nSPS) is 34.5. The van der Waals surface area contributed by atoms with Gasteiger partial charge in [-0.05, 0) is 45.1 Å². The molecular formula is C16H23ClFNO4. The number of halogens is 2. The van der Waals surface area contributed by atoms with Gasteiger partial charge < -0.3 is 14.8 Å². The van der Waals surface area contributed by atoms with Crippen molar-refractivity contribution in [3.05, 3.63) is 12.2 Å². The summed E-state index contributed by atoms with van der Waals surface area (Å²) in [4.78, 5) is 23.3. The van der Waals surface area contributed by atoms with Crippen molar-refractivity contribution >= 4 is 23.5 Å². The molecule has 0 aromatic rings. The molecule has 2 aliphatic rings. The van der Waals surface area contributed by atoms with Crippen molar-refractivity contribution in [2.45, 2.75) is 68.8 Å². The van der Waals surface area contributed by atoms with Gasteiger partial charge in [-0.15, -0.1) is 11.6 Å². The third-order valence-corrected chi connectivity index (χ3v) is 4.59. The van der Waals surface area contributed by atoms with Crippen molar-refractivity contribution in [3.63, 3.8) is 0 Å². The van der Waals surface area contributed by atoms with E-state index in [0.29, 0.717) is 12.8 Å². The first-order valence-electron chi connectivity index (χ1n) is 8.02. The second-order valence-electron chi connectivity index (χ2n) is 6.13. The first-order chi connectivity index (χ1) is 10.9. The zero-order valence-electron chi connectivity index (χ0n) is 13.2. The molecule has 0 radical (unpaired) electrons. The highest BCUT2D eigenvalue weighted by Gasteiger charge is 2.30. The van der Waals surface area contributed by atoms with Gasteiger partial charge in [0.1, 0.15) is 6.17 Å². The van der Waals surface area contributed by atoms with Crippen molar-refractivity contribution in [1.82, 2.24) is 5.32 Å². The predicted molar refractivity (Wildman–Crippen MR) is 84.0 cm³/mol. The van der Waals surface area contributed by atoms with E-state index < -0.39 is 23.4 Å². The summed E-state index contributed by atoms with van der Waals surface area (Å²) in [5.41, 5.74) is 0. The minimum Gasteiger partial charge on any atom is -0.452 e. The van der Waals surface area contributed by atoms with Crippen LogP contribution in [0.1, 0.15) is 39.0 Å². The Morgan fingerprint density at radius 3 is 2.78 bits per heavy atom. The van der Waals surface area contributed by atoms with Gasteiger partial charge in [-0.25, -0.2) is 9.18 Å². The molecule has 130 valence electrons. The molecule has 5 nitrogen and oxygen atoms in total. The molecule has 5 atom stereocenters. The van der Waals surface area contributed by atoms with E-state index >= 15 is 0 Å². The quantitative estimate of drug-likeness (QED) is 0.471. The summed E-state index contributed by atoms with van der Waals surface area (Å²) in [6, 6.07) is -0.279. The van der Waals surface area contributed by atoms with Crippen LogP contribution in [-0.4, -0.2) is 48.3 Å². The summed E-state index contributed by atoms with van der Waals surface area (Å²) < 4.78 is 23.6. The van der Waals surface area contributed by atoms with Crippen LogP contribution in [0.3, 0.4) is 0 Å². The lowest BCUT2D eigenvalue weighted by Gasteiger charge is -2.29. The van der Waals surface area contributed by atoms with Crippen LogP contribution >= 0.6 is 11.6 Å². The number of rotatable bonds is 5. The van der Waals surface area contributed by atoms with Crippen LogP contribution in [0, 0.1) is 0 Å². The van der Waals surface area contributed by atoms with Crippen LogP contribution in [0.2, 0.25) is 0 Å². The van der Waals surface area contributed by atoms with Crippen molar-refractivity contribution in [3.8, 4) is 0 Å². The molecule has 1 heterocycles. The fourth-order valence-electron chi connectivity index (χ4n) is 2.82. The van der Waals surface area contributed by atoms with E-state index in [9.17, 15) is 14.0 Å². The lowest BCUT2D eigenvalue weighted by Crippen LogP contribution is -2.46. The zero-order chi connectivity index (χ0) is 16.8. The van der Waals surface area contributed by atoms with E-state index in [4.69, 9.17) is 21.1 Å². The van der Waals surface area contributed by atoms with Gasteiger partial charge in [0.2, 0.25) is 0 Å². The SMILES string of the molecule is CC1CCC(/C=C\C(=O)OCC(=O)NC2CCC(F)CC2Cl)O1. The number of hydrogen-bond donors (Lipinski definition) is 1. The molecule has 5 unspecified atom stereocenters. The Bertz CT molecular complexity index is 459. The van der Waals surface area contributed by atoms with E-state index in [1.807, 2.05) is 6.92 Å². The van der Waals surface area contributed by atoms with Gasteiger partial charge in [-0.3, -0.25) is 4.79 Å². The highest BCUT2D eigenvalue weighted by atomic mass is 35.5. The molecular weight excluding hydrogens is 325 g/mol. The summed E-state index contributed by atoms with van der Waals surface area (Å²) in [6.07, 6.45) is 5.11. The number of ether oxygens (including phenoxy) is 2. The van der Waals surface area contributed by atoms with Gasteiger partial charge in [-0.2, -0.15) is 0 Å². The fraction of sp³-hybridized carbons (Fsp3) is 0.750. The lowest BCUT2D eigenvalue weighted by molar-refractivity contribution is -0.144. The van der Waals surface area contributed by atoms with Crippen LogP contribution in [0.5, 0.6) is 0 Å². The number of alkyl halides is 2. The van der Waals surface area contributed by atoms with Gasteiger partial charge in [0.25, 0.3) is 5.91 Å². The van der Waals surface area contributed by atoms with E-state index in [0.717, 1.165) is 12.8 Å². The lowest BCUT2D eigenvalue weighted by atomic mass is 9.93. The fourth-order valence-corrected chi connectivity index (χ4v) is 3.21. The Morgan fingerprint density at radius 2 is 2.13 bits per heavy atom. The molecule has 1 amide bonds. The maximum Gasteiger partial charge on any atom is 0.331 e. The highest BCUT2D eigenvalue weighted by molar-refractivity contribution is 6.21. The maximum absolute atomic E-state index is 13.2. The van der Waals surface area contributed by atoms with Gasteiger partial charge in [0, 0.05) is 12.1 Å². The van der Waals surface area contributed by atoms with Crippen LogP contribution in [0.25, 0.3) is 0 Å². The van der Waals surface area contributed by atoms with E-state index in [1.54, 1.807) is 6.08 Å². The van der Waals surface area contributed by atoms with Gasteiger partial charge in [0.15, 0.2) is 6.61 Å². The molecule has 2 fully saturated rings. The first-order valence-corrected chi connectivity index (χ1v) is 8.45. The third-order valence-electron chi connectivity index (χ3n) is 4.11. The highest BCUT2D eigenvalue weighted by Crippen LogP contribution is 2.25. The Morgan fingerprint density at radius 1 is 1.35 bits per heavy atom. The maximum atomic E-state index is 13.2. The summed E-state index contributed by atoms with van der Waals surface area (Å²) in [5.74, 6) is -1.01. The summed E-state index contributed by atoms with van der Waals surface area (Å²) >= 11 is 6.03. The Kier molecular flexibility index (Phi) is 6.84. The average molecular weight is 348 g/mol. The first kappa shape index (κ1) is 18.2. The minimum absolute atomic E-state index is 0.0701. The van der Waals surface area contributed by atoms with Crippen molar-refractivity contribution in [2.75, 3.05) is 6.61 Å². The Hall–Kier alpha value is -1.14. The van der Waals surface area contributed by atoms with Gasteiger partial charge >= 0.3 is 5.97 Å². The largest absolute Gasteiger partial charge is 0.452 e. The van der Waals surface area contributed by atoms with Gasteiger partial charge in [0.05, 0.1) is 17.6 Å². The Balaban J connectivity index is 1.65. The van der Waals surface area contributed by atoms with E-state index in [1.165, 1.54) is 6.08 Å². The molecule has 0 spiro atoms. The number of carbonyl (C=O) groups is 2.